The number of benzene rings is 2. The molecule has 2 aromatic rings. The van der Waals surface area contributed by atoms with Gasteiger partial charge in [0.1, 0.15) is 5.54 Å². The van der Waals surface area contributed by atoms with E-state index in [0.717, 1.165) is 11.3 Å². The summed E-state index contributed by atoms with van der Waals surface area (Å²) in [4.78, 5) is 41.8. The van der Waals surface area contributed by atoms with Crippen molar-refractivity contribution in [2.45, 2.75) is 25.5 Å². The maximum Gasteiger partial charge on any atom is 0.322 e. The molecule has 10 heteroatoms. The van der Waals surface area contributed by atoms with Gasteiger partial charge in [0.05, 0.1) is 13.2 Å². The van der Waals surface area contributed by atoms with Gasteiger partial charge in [0.25, 0.3) is 5.91 Å². The molecule has 2 saturated heterocycles. The van der Waals surface area contributed by atoms with Crippen LogP contribution in [0.5, 0.6) is 0 Å². The summed E-state index contributed by atoms with van der Waals surface area (Å²) in [6.45, 7) is 4.38. The van der Waals surface area contributed by atoms with Crippen LogP contribution in [0.25, 0.3) is 0 Å². The largest absolute Gasteiger partial charge is 0.374 e. The highest BCUT2D eigenvalue weighted by atomic mass is 35.5. The first kappa shape index (κ1) is 25.3. The molecule has 0 bridgehead atoms. The number of urea groups is 1. The highest BCUT2D eigenvalue weighted by Crippen LogP contribution is 2.28. The number of hydrogen-bond acceptors (Lipinski definition) is 5. The molecule has 0 aliphatic carbocycles. The Bertz CT molecular complexity index is 1070. The minimum atomic E-state index is -1.29. The second-order valence-corrected chi connectivity index (χ2v) is 9.89. The Balaban J connectivity index is 1.36. The zero-order valence-corrected chi connectivity index (χ0v) is 20.9. The summed E-state index contributed by atoms with van der Waals surface area (Å²) in [7, 11) is 0. The van der Waals surface area contributed by atoms with E-state index >= 15 is 0 Å². The van der Waals surface area contributed by atoms with Gasteiger partial charge in [-0.2, -0.15) is 0 Å². The molecule has 2 aromatic carbocycles. The number of halogens is 2. The van der Waals surface area contributed by atoms with Gasteiger partial charge in [-0.1, -0.05) is 60.5 Å². The molecule has 8 nitrogen and oxygen atoms in total. The van der Waals surface area contributed by atoms with Crippen molar-refractivity contribution in [2.24, 2.45) is 5.92 Å². The highest BCUT2D eigenvalue weighted by molar-refractivity contribution is 6.35. The lowest BCUT2D eigenvalue weighted by atomic mass is 9.87. The SMILES string of the molecule is CC(CC1(COCc2ccccc2)NC(=O)NC1=O)C(=O)N1CCN(c2cc(Cl)cc(Cl)c2)CC1. The van der Waals surface area contributed by atoms with E-state index in [1.807, 2.05) is 42.5 Å². The first-order chi connectivity index (χ1) is 16.8. The summed E-state index contributed by atoms with van der Waals surface area (Å²) < 4.78 is 5.81. The van der Waals surface area contributed by atoms with Crippen molar-refractivity contribution in [3.63, 3.8) is 0 Å². The van der Waals surface area contributed by atoms with Gasteiger partial charge in [-0.25, -0.2) is 4.79 Å². The Morgan fingerprint density at radius 3 is 2.31 bits per heavy atom. The summed E-state index contributed by atoms with van der Waals surface area (Å²) in [6, 6.07) is 14.4. The average Bonchev–Trinajstić information content (AvgIpc) is 3.11. The van der Waals surface area contributed by atoms with Crippen LogP contribution in [0.4, 0.5) is 10.5 Å². The van der Waals surface area contributed by atoms with Gasteiger partial charge in [0.15, 0.2) is 0 Å². The van der Waals surface area contributed by atoms with E-state index in [4.69, 9.17) is 27.9 Å². The zero-order valence-electron chi connectivity index (χ0n) is 19.4. The second kappa shape index (κ2) is 10.8. The molecular formula is C25H28Cl2N4O4. The standard InChI is InChI=1S/C25H28Cl2N4O4/c1-17(22(32)31-9-7-30(8-10-31)21-12-19(26)11-20(27)13-21)14-25(23(33)28-24(34)29-25)16-35-15-18-5-3-2-4-6-18/h2-6,11-13,17H,7-10,14-16H2,1H3,(H2,28,29,33,34). The predicted octanol–water partition coefficient (Wildman–Crippen LogP) is 3.46. The van der Waals surface area contributed by atoms with Gasteiger partial charge in [-0.05, 0) is 30.2 Å². The van der Waals surface area contributed by atoms with E-state index in [2.05, 4.69) is 15.5 Å². The third-order valence-electron chi connectivity index (χ3n) is 6.35. The van der Waals surface area contributed by atoms with Crippen LogP contribution in [0, 0.1) is 5.92 Å². The summed E-state index contributed by atoms with van der Waals surface area (Å²) in [5.74, 6) is -1.03. The van der Waals surface area contributed by atoms with Crippen molar-refractivity contribution in [1.29, 1.82) is 0 Å². The number of carbonyl (C=O) groups is 3. The third kappa shape index (κ3) is 6.07. The molecule has 2 aliphatic heterocycles. The molecule has 2 heterocycles. The first-order valence-electron chi connectivity index (χ1n) is 11.5. The lowest BCUT2D eigenvalue weighted by Crippen LogP contribution is -2.55. The van der Waals surface area contributed by atoms with Gasteiger partial charge >= 0.3 is 6.03 Å². The number of nitrogens with one attached hydrogen (secondary N) is 2. The monoisotopic (exact) mass is 518 g/mol. The van der Waals surface area contributed by atoms with E-state index in [1.54, 1.807) is 17.9 Å². The predicted molar refractivity (Wildman–Crippen MR) is 135 cm³/mol. The van der Waals surface area contributed by atoms with Crippen molar-refractivity contribution in [2.75, 3.05) is 37.7 Å². The maximum atomic E-state index is 13.2. The number of carbonyl (C=O) groups excluding carboxylic acids is 3. The quantitative estimate of drug-likeness (QED) is 0.522. The molecule has 2 fully saturated rings. The molecule has 0 saturated carbocycles. The second-order valence-electron chi connectivity index (χ2n) is 9.01. The molecule has 2 atom stereocenters. The number of piperazine rings is 1. The Kier molecular flexibility index (Phi) is 7.84. The summed E-state index contributed by atoms with van der Waals surface area (Å²) in [5, 5.41) is 6.13. The minimum Gasteiger partial charge on any atom is -0.374 e. The van der Waals surface area contributed by atoms with Crippen molar-refractivity contribution >= 4 is 46.7 Å². The smallest absolute Gasteiger partial charge is 0.322 e. The van der Waals surface area contributed by atoms with Gasteiger partial charge in [-0.3, -0.25) is 14.9 Å². The topological polar surface area (TPSA) is 91.0 Å². The van der Waals surface area contributed by atoms with Crippen molar-refractivity contribution in [3.8, 4) is 0 Å². The van der Waals surface area contributed by atoms with E-state index < -0.39 is 23.4 Å². The first-order valence-corrected chi connectivity index (χ1v) is 12.3. The lowest BCUT2D eigenvalue weighted by Gasteiger charge is -2.38. The molecule has 4 amide bonds. The molecule has 0 aromatic heterocycles. The molecular weight excluding hydrogens is 491 g/mol. The van der Waals surface area contributed by atoms with Crippen LogP contribution >= 0.6 is 23.2 Å². The molecule has 0 spiro atoms. The number of nitrogens with zero attached hydrogens (tertiary/aromatic N) is 2. The maximum absolute atomic E-state index is 13.2. The molecule has 4 rings (SSSR count). The zero-order chi connectivity index (χ0) is 25.0. The Morgan fingerprint density at radius 2 is 1.71 bits per heavy atom. The summed E-state index contributed by atoms with van der Waals surface area (Å²) in [6.07, 6.45) is 0.141. The van der Waals surface area contributed by atoms with Gasteiger partial charge < -0.3 is 19.9 Å². The summed E-state index contributed by atoms with van der Waals surface area (Å²) in [5.41, 5.74) is 0.582. The number of hydrogen-bond donors (Lipinski definition) is 2. The van der Waals surface area contributed by atoms with E-state index in [0.29, 0.717) is 42.8 Å². The van der Waals surface area contributed by atoms with Crippen LogP contribution in [0.3, 0.4) is 0 Å². The van der Waals surface area contributed by atoms with Crippen molar-refractivity contribution in [1.82, 2.24) is 15.5 Å². The molecule has 35 heavy (non-hydrogen) atoms. The van der Waals surface area contributed by atoms with Gasteiger partial charge in [-0.15, -0.1) is 0 Å². The van der Waals surface area contributed by atoms with Crippen LogP contribution < -0.4 is 15.5 Å². The highest BCUT2D eigenvalue weighted by Gasteiger charge is 2.48. The third-order valence-corrected chi connectivity index (χ3v) is 6.79. The molecule has 0 radical (unpaired) electrons. The summed E-state index contributed by atoms with van der Waals surface area (Å²) >= 11 is 12.3. The van der Waals surface area contributed by atoms with Gasteiger partial charge in [0.2, 0.25) is 5.91 Å². The van der Waals surface area contributed by atoms with Crippen LogP contribution in [-0.2, 0) is 20.9 Å². The molecule has 186 valence electrons. The molecule has 2 unspecified atom stereocenters. The lowest BCUT2D eigenvalue weighted by molar-refractivity contribution is -0.137. The van der Waals surface area contributed by atoms with Crippen LogP contribution in [0.1, 0.15) is 18.9 Å². The van der Waals surface area contributed by atoms with E-state index in [9.17, 15) is 14.4 Å². The number of amides is 4. The Labute approximate surface area is 214 Å². The fourth-order valence-corrected chi connectivity index (χ4v) is 5.09. The van der Waals surface area contributed by atoms with Gasteiger partial charge in [0, 0.05) is 47.8 Å². The number of anilines is 1. The Hall–Kier alpha value is -2.81. The number of ether oxygens (including phenoxy) is 1. The van der Waals surface area contributed by atoms with Crippen LogP contribution in [-0.4, -0.2) is 61.1 Å². The van der Waals surface area contributed by atoms with Crippen molar-refractivity contribution in [3.05, 3.63) is 64.1 Å². The fraction of sp³-hybridized carbons (Fsp3) is 0.400. The van der Waals surface area contributed by atoms with E-state index in [1.165, 1.54) is 0 Å². The Morgan fingerprint density at radius 1 is 1.06 bits per heavy atom. The normalized spacial score (nSPS) is 21.0. The number of rotatable bonds is 8. The molecule has 2 aliphatic rings. The molecule has 2 N–H and O–H groups in total. The van der Waals surface area contributed by atoms with E-state index in [-0.39, 0.29) is 18.9 Å². The average molecular weight is 519 g/mol. The van der Waals surface area contributed by atoms with Crippen LogP contribution in [0.15, 0.2) is 48.5 Å². The van der Waals surface area contributed by atoms with Crippen LogP contribution in [0.2, 0.25) is 10.0 Å². The fourth-order valence-electron chi connectivity index (χ4n) is 4.58. The number of imide groups is 1. The minimum absolute atomic E-state index is 0.0274. The van der Waals surface area contributed by atoms with Crippen molar-refractivity contribution < 1.29 is 19.1 Å².